The van der Waals surface area contributed by atoms with Crippen LogP contribution in [0.1, 0.15) is 69.7 Å². The van der Waals surface area contributed by atoms with Gasteiger partial charge in [-0.25, -0.2) is 8.42 Å². The molecule has 0 saturated heterocycles. The third-order valence-electron chi connectivity index (χ3n) is 6.67. The summed E-state index contributed by atoms with van der Waals surface area (Å²) in [5.41, 5.74) is 3.19. The molecular formula is C29H35ClO3S. The Morgan fingerprint density at radius 3 is 2.03 bits per heavy atom. The first kappa shape index (κ1) is 26.3. The van der Waals surface area contributed by atoms with E-state index in [1.54, 1.807) is 19.2 Å². The predicted octanol–water partition coefficient (Wildman–Crippen LogP) is 7.55. The van der Waals surface area contributed by atoms with Crippen molar-refractivity contribution >= 4 is 21.4 Å². The van der Waals surface area contributed by atoms with Crippen molar-refractivity contribution in [3.05, 3.63) is 94.0 Å². The van der Waals surface area contributed by atoms with Gasteiger partial charge in [0.15, 0.2) is 9.84 Å². The molecule has 5 heteroatoms. The highest BCUT2D eigenvalue weighted by Gasteiger charge is 2.32. The third kappa shape index (κ3) is 5.34. The zero-order chi connectivity index (χ0) is 25.3. The Balaban J connectivity index is 1.89. The number of ether oxygens (including phenoxy) is 1. The van der Waals surface area contributed by atoms with Crippen molar-refractivity contribution < 1.29 is 13.2 Å². The van der Waals surface area contributed by atoms with E-state index in [2.05, 4.69) is 39.8 Å². The van der Waals surface area contributed by atoms with Crippen LogP contribution >= 0.6 is 11.6 Å². The third-order valence-corrected chi connectivity index (χ3v) is 9.09. The molecule has 0 bridgehead atoms. The molecule has 0 atom stereocenters. The highest BCUT2D eigenvalue weighted by molar-refractivity contribution is 7.91. The van der Waals surface area contributed by atoms with Gasteiger partial charge in [0.25, 0.3) is 0 Å². The summed E-state index contributed by atoms with van der Waals surface area (Å²) in [4.78, 5) is 0.322. The molecule has 182 valence electrons. The van der Waals surface area contributed by atoms with Gasteiger partial charge in [0.05, 0.1) is 17.8 Å². The predicted molar refractivity (Wildman–Crippen MR) is 142 cm³/mol. The van der Waals surface area contributed by atoms with Crippen molar-refractivity contribution in [3.8, 4) is 5.75 Å². The maximum absolute atomic E-state index is 13.3. The maximum Gasteiger partial charge on any atom is 0.179 e. The topological polar surface area (TPSA) is 43.4 Å². The van der Waals surface area contributed by atoms with Gasteiger partial charge < -0.3 is 4.74 Å². The fraction of sp³-hybridized carbons (Fsp3) is 0.379. The van der Waals surface area contributed by atoms with Crippen LogP contribution in [0.2, 0.25) is 5.02 Å². The van der Waals surface area contributed by atoms with E-state index in [1.165, 1.54) is 0 Å². The van der Waals surface area contributed by atoms with Gasteiger partial charge in [0.2, 0.25) is 0 Å². The molecule has 0 N–H and O–H groups in total. The van der Waals surface area contributed by atoms with Crippen LogP contribution in [0.15, 0.2) is 71.6 Å². The van der Waals surface area contributed by atoms with Crippen molar-refractivity contribution in [1.29, 1.82) is 0 Å². The molecule has 0 aromatic heterocycles. The summed E-state index contributed by atoms with van der Waals surface area (Å²) in [6.07, 6.45) is 0. The van der Waals surface area contributed by atoms with Gasteiger partial charge in [-0.15, -0.1) is 0 Å². The smallest absolute Gasteiger partial charge is 0.179 e. The van der Waals surface area contributed by atoms with Crippen LogP contribution < -0.4 is 4.74 Å². The average molecular weight is 499 g/mol. The van der Waals surface area contributed by atoms with Crippen LogP contribution in [0.4, 0.5) is 0 Å². The van der Waals surface area contributed by atoms with E-state index in [9.17, 15) is 8.42 Å². The van der Waals surface area contributed by atoms with Crippen LogP contribution in [-0.2, 0) is 20.7 Å². The number of methoxy groups -OCH3 is 1. The van der Waals surface area contributed by atoms with Crippen molar-refractivity contribution in [3.63, 3.8) is 0 Å². The van der Waals surface area contributed by atoms with Gasteiger partial charge in [-0.1, -0.05) is 95.6 Å². The van der Waals surface area contributed by atoms with E-state index in [0.29, 0.717) is 16.6 Å². The van der Waals surface area contributed by atoms with Gasteiger partial charge in [0, 0.05) is 21.4 Å². The highest BCUT2D eigenvalue weighted by atomic mass is 35.5. The molecule has 0 unspecified atom stereocenters. The van der Waals surface area contributed by atoms with E-state index in [0.717, 1.165) is 27.3 Å². The molecule has 3 aromatic carbocycles. The largest absolute Gasteiger partial charge is 0.496 e. The molecule has 0 heterocycles. The Hall–Kier alpha value is -2.30. The van der Waals surface area contributed by atoms with E-state index in [-0.39, 0.29) is 11.2 Å². The SMILES string of the molecule is COc1ccccc1C(C)(C)CS(=O)(=O)c1ccc(C(C)(C)c2ccc(C(C)C)c(Cl)c2)cc1. The Bertz CT molecular complexity index is 1260. The molecule has 3 rings (SSSR count). The van der Waals surface area contributed by atoms with Crippen LogP contribution in [-0.4, -0.2) is 21.3 Å². The van der Waals surface area contributed by atoms with Crippen molar-refractivity contribution in [2.75, 3.05) is 12.9 Å². The summed E-state index contributed by atoms with van der Waals surface area (Å²) in [5.74, 6) is 1.03. The first-order valence-electron chi connectivity index (χ1n) is 11.6. The minimum absolute atomic E-state index is 0.0185. The maximum atomic E-state index is 13.3. The van der Waals surface area contributed by atoms with E-state index in [1.807, 2.05) is 56.3 Å². The first-order chi connectivity index (χ1) is 15.8. The monoisotopic (exact) mass is 498 g/mol. The molecular weight excluding hydrogens is 464 g/mol. The standard InChI is InChI=1S/C29H35ClO3S/c1-20(2)24-17-14-22(18-26(24)30)29(5,6)21-12-15-23(16-13-21)34(31,32)19-28(3,4)25-10-8-9-11-27(25)33-7/h8-18,20H,19H2,1-7H3. The Kier molecular flexibility index (Phi) is 7.54. The highest BCUT2D eigenvalue weighted by Crippen LogP contribution is 2.37. The minimum atomic E-state index is -3.52. The van der Waals surface area contributed by atoms with Gasteiger partial charge in [-0.3, -0.25) is 0 Å². The summed E-state index contributed by atoms with van der Waals surface area (Å²) >= 11 is 6.55. The number of halogens is 1. The number of hydrogen-bond acceptors (Lipinski definition) is 3. The van der Waals surface area contributed by atoms with E-state index < -0.39 is 15.3 Å². The summed E-state index contributed by atoms with van der Waals surface area (Å²) in [6.45, 7) is 12.4. The summed E-state index contributed by atoms with van der Waals surface area (Å²) in [7, 11) is -1.91. The normalized spacial score (nSPS) is 12.7. The van der Waals surface area contributed by atoms with E-state index in [4.69, 9.17) is 16.3 Å². The fourth-order valence-electron chi connectivity index (χ4n) is 4.47. The van der Waals surface area contributed by atoms with E-state index >= 15 is 0 Å². The average Bonchev–Trinajstić information content (AvgIpc) is 2.78. The van der Waals surface area contributed by atoms with Crippen LogP contribution in [0.3, 0.4) is 0 Å². The molecule has 3 nitrogen and oxygen atoms in total. The number of benzene rings is 3. The molecule has 0 fully saturated rings. The Labute approximate surface area is 210 Å². The number of sulfone groups is 1. The molecule has 0 spiro atoms. The first-order valence-corrected chi connectivity index (χ1v) is 13.6. The lowest BCUT2D eigenvalue weighted by Crippen LogP contribution is -2.29. The molecule has 0 radical (unpaired) electrons. The summed E-state index contributed by atoms with van der Waals surface area (Å²) < 4.78 is 32.2. The van der Waals surface area contributed by atoms with Crippen LogP contribution in [0, 0.1) is 0 Å². The van der Waals surface area contributed by atoms with Gasteiger partial charge in [0.1, 0.15) is 5.75 Å². The second-order valence-corrected chi connectivity index (χ2v) is 12.8. The Morgan fingerprint density at radius 1 is 0.882 bits per heavy atom. The zero-order valence-corrected chi connectivity index (χ0v) is 22.7. The van der Waals surface area contributed by atoms with Crippen molar-refractivity contribution in [1.82, 2.24) is 0 Å². The lowest BCUT2D eigenvalue weighted by atomic mass is 9.77. The van der Waals surface area contributed by atoms with Crippen LogP contribution in [0.25, 0.3) is 0 Å². The number of rotatable bonds is 8. The lowest BCUT2D eigenvalue weighted by molar-refractivity contribution is 0.397. The minimum Gasteiger partial charge on any atom is -0.496 e. The molecule has 0 aliphatic carbocycles. The van der Waals surface area contributed by atoms with Gasteiger partial charge >= 0.3 is 0 Å². The number of para-hydroxylation sites is 1. The van der Waals surface area contributed by atoms with Gasteiger partial charge in [-0.05, 0) is 46.9 Å². The summed E-state index contributed by atoms with van der Waals surface area (Å²) in [5, 5.41) is 0.762. The molecule has 0 saturated carbocycles. The van der Waals surface area contributed by atoms with Crippen LogP contribution in [0.5, 0.6) is 5.75 Å². The molecule has 3 aromatic rings. The molecule has 0 aliphatic heterocycles. The fourth-order valence-corrected chi connectivity index (χ4v) is 6.69. The number of hydrogen-bond donors (Lipinski definition) is 0. The Morgan fingerprint density at radius 2 is 1.47 bits per heavy atom. The molecule has 34 heavy (non-hydrogen) atoms. The summed E-state index contributed by atoms with van der Waals surface area (Å²) in [6, 6.07) is 21.1. The van der Waals surface area contributed by atoms with Gasteiger partial charge in [-0.2, -0.15) is 0 Å². The van der Waals surface area contributed by atoms with Crippen molar-refractivity contribution in [2.45, 2.75) is 63.2 Å². The molecule has 0 aliphatic rings. The van der Waals surface area contributed by atoms with Crippen molar-refractivity contribution in [2.24, 2.45) is 0 Å². The second kappa shape index (κ2) is 9.75. The molecule has 0 amide bonds. The second-order valence-electron chi connectivity index (χ2n) is 10.4. The lowest BCUT2D eigenvalue weighted by Gasteiger charge is -2.28. The zero-order valence-electron chi connectivity index (χ0n) is 21.1. The quantitative estimate of drug-likeness (QED) is 0.322.